The molecular formula is C17H32N4O4. The zero-order chi connectivity index (χ0) is 18.9. The number of hydrogen-bond donors (Lipinski definition) is 2. The minimum atomic E-state index is -1.05. The van der Waals surface area contributed by atoms with Crippen molar-refractivity contribution in [3.8, 4) is 0 Å². The van der Waals surface area contributed by atoms with Crippen LogP contribution in [0, 0.1) is 0 Å². The van der Waals surface area contributed by atoms with Crippen LogP contribution in [0.1, 0.15) is 46.5 Å². The van der Waals surface area contributed by atoms with Crippen LogP contribution >= 0.6 is 0 Å². The van der Waals surface area contributed by atoms with Crippen LogP contribution < -0.4 is 10.6 Å². The van der Waals surface area contributed by atoms with E-state index in [1.807, 2.05) is 18.9 Å². The Morgan fingerprint density at radius 3 is 2.64 bits per heavy atom. The highest BCUT2D eigenvalue weighted by atomic mass is 16.5. The highest BCUT2D eigenvalue weighted by Gasteiger charge is 2.47. The van der Waals surface area contributed by atoms with E-state index < -0.39 is 11.6 Å². The Hall–Kier alpha value is -1.67. The van der Waals surface area contributed by atoms with E-state index in [-0.39, 0.29) is 31.4 Å². The number of ether oxygens (including phenoxy) is 1. The third-order valence-corrected chi connectivity index (χ3v) is 4.12. The Morgan fingerprint density at radius 2 is 2.00 bits per heavy atom. The molecule has 8 heteroatoms. The van der Waals surface area contributed by atoms with E-state index in [0.717, 1.165) is 32.5 Å². The zero-order valence-electron chi connectivity index (χ0n) is 15.9. The molecule has 0 spiro atoms. The molecule has 3 amide bonds. The molecule has 1 atom stereocenters. The molecule has 0 aromatic carbocycles. The van der Waals surface area contributed by atoms with Gasteiger partial charge in [0.2, 0.25) is 0 Å². The third kappa shape index (κ3) is 6.62. The van der Waals surface area contributed by atoms with Gasteiger partial charge in [0.05, 0.1) is 13.3 Å². The first-order valence-corrected chi connectivity index (χ1v) is 9.03. The lowest BCUT2D eigenvalue weighted by Gasteiger charge is -2.24. The summed E-state index contributed by atoms with van der Waals surface area (Å²) in [7, 11) is 1.87. The normalized spacial score (nSPS) is 20.3. The van der Waals surface area contributed by atoms with Crippen LogP contribution in [0.2, 0.25) is 0 Å². The van der Waals surface area contributed by atoms with Gasteiger partial charge in [-0.3, -0.25) is 14.5 Å². The molecule has 0 aromatic rings. The molecule has 0 aromatic heterocycles. The third-order valence-electron chi connectivity index (χ3n) is 4.12. The monoisotopic (exact) mass is 356 g/mol. The summed E-state index contributed by atoms with van der Waals surface area (Å²) in [6.45, 7) is 8.76. The van der Waals surface area contributed by atoms with Crippen molar-refractivity contribution in [2.45, 2.75) is 52.0 Å². The molecular weight excluding hydrogens is 324 g/mol. The second kappa shape index (κ2) is 10.4. The second-order valence-electron chi connectivity index (χ2n) is 6.69. The summed E-state index contributed by atoms with van der Waals surface area (Å²) >= 11 is 0. The fourth-order valence-corrected chi connectivity index (χ4v) is 2.57. The van der Waals surface area contributed by atoms with Crippen molar-refractivity contribution in [3.05, 3.63) is 0 Å². The van der Waals surface area contributed by atoms with Crippen LogP contribution in [0.5, 0.6) is 0 Å². The molecule has 1 aliphatic heterocycles. The highest BCUT2D eigenvalue weighted by Crippen LogP contribution is 2.23. The number of likely N-dealkylation sites (N-methyl/N-ethyl adjacent to an activating group) is 1. The molecule has 0 bridgehead atoms. The standard InChI is InChI=1S/C17H32N4O4/c1-5-9-18-10-11-20(4)13-21-15(23)17(3,19-16(21)24)8-7-14(22)25-12-6-2/h18H,5-13H2,1-4H3,(H,19,24). The van der Waals surface area contributed by atoms with Gasteiger partial charge in [0.15, 0.2) is 0 Å². The maximum absolute atomic E-state index is 12.6. The quantitative estimate of drug-likeness (QED) is 0.307. The summed E-state index contributed by atoms with van der Waals surface area (Å²) in [6.07, 6.45) is 2.16. The first-order valence-electron chi connectivity index (χ1n) is 9.03. The Bertz CT molecular complexity index is 472. The molecule has 0 radical (unpaired) electrons. The van der Waals surface area contributed by atoms with E-state index in [4.69, 9.17) is 4.74 Å². The van der Waals surface area contributed by atoms with Crippen LogP contribution in [0.25, 0.3) is 0 Å². The summed E-state index contributed by atoms with van der Waals surface area (Å²) in [5.74, 6) is -0.642. The van der Waals surface area contributed by atoms with Gasteiger partial charge in [-0.05, 0) is 39.8 Å². The first-order chi connectivity index (χ1) is 11.8. The number of hydrogen-bond acceptors (Lipinski definition) is 6. The van der Waals surface area contributed by atoms with E-state index >= 15 is 0 Å². The fourth-order valence-electron chi connectivity index (χ4n) is 2.57. The van der Waals surface area contributed by atoms with E-state index in [1.54, 1.807) is 6.92 Å². The average molecular weight is 356 g/mol. The van der Waals surface area contributed by atoms with Crippen molar-refractivity contribution in [2.75, 3.05) is 40.0 Å². The van der Waals surface area contributed by atoms with E-state index in [1.165, 1.54) is 4.90 Å². The zero-order valence-corrected chi connectivity index (χ0v) is 15.9. The van der Waals surface area contributed by atoms with Gasteiger partial charge in [0.1, 0.15) is 5.54 Å². The predicted molar refractivity (Wildman–Crippen MR) is 94.9 cm³/mol. The molecule has 144 valence electrons. The summed E-state index contributed by atoms with van der Waals surface area (Å²) in [5.41, 5.74) is -1.05. The van der Waals surface area contributed by atoms with Crippen LogP contribution in [-0.4, -0.2) is 73.2 Å². The predicted octanol–water partition coefficient (Wildman–Crippen LogP) is 0.919. The van der Waals surface area contributed by atoms with Gasteiger partial charge in [0, 0.05) is 19.5 Å². The van der Waals surface area contributed by atoms with Crippen LogP contribution in [0.4, 0.5) is 4.79 Å². The maximum Gasteiger partial charge on any atom is 0.326 e. The number of carbonyl (C=O) groups is 3. The number of nitrogens with zero attached hydrogens (tertiary/aromatic N) is 2. The van der Waals surface area contributed by atoms with Crippen LogP contribution in [0.15, 0.2) is 0 Å². The number of rotatable bonds is 12. The number of amides is 3. The SMILES string of the molecule is CCCNCCN(C)CN1C(=O)NC(C)(CCC(=O)OCCC)C1=O. The Morgan fingerprint density at radius 1 is 1.28 bits per heavy atom. The summed E-state index contributed by atoms with van der Waals surface area (Å²) in [5, 5.41) is 5.99. The molecule has 1 aliphatic rings. The van der Waals surface area contributed by atoms with Gasteiger partial charge in [-0.2, -0.15) is 0 Å². The molecule has 0 aliphatic carbocycles. The molecule has 1 unspecified atom stereocenters. The second-order valence-corrected chi connectivity index (χ2v) is 6.69. The number of esters is 1. The molecule has 8 nitrogen and oxygen atoms in total. The molecule has 2 N–H and O–H groups in total. The highest BCUT2D eigenvalue weighted by molar-refractivity contribution is 6.06. The van der Waals surface area contributed by atoms with Crippen molar-refractivity contribution >= 4 is 17.9 Å². The Labute approximate surface area is 150 Å². The Balaban J connectivity index is 2.49. The van der Waals surface area contributed by atoms with Crippen molar-refractivity contribution in [3.63, 3.8) is 0 Å². The first kappa shape index (κ1) is 21.4. The number of nitrogens with one attached hydrogen (secondary N) is 2. The maximum atomic E-state index is 12.6. The smallest absolute Gasteiger partial charge is 0.326 e. The van der Waals surface area contributed by atoms with Crippen LogP contribution in [-0.2, 0) is 14.3 Å². The lowest BCUT2D eigenvalue weighted by Crippen LogP contribution is -2.46. The molecule has 1 fully saturated rings. The summed E-state index contributed by atoms with van der Waals surface area (Å²) in [6, 6.07) is -0.414. The Kier molecular flexibility index (Phi) is 8.85. The number of urea groups is 1. The van der Waals surface area contributed by atoms with Gasteiger partial charge >= 0.3 is 12.0 Å². The summed E-state index contributed by atoms with van der Waals surface area (Å²) < 4.78 is 5.02. The average Bonchev–Trinajstić information content (AvgIpc) is 2.79. The van der Waals surface area contributed by atoms with E-state index in [2.05, 4.69) is 17.6 Å². The van der Waals surface area contributed by atoms with E-state index in [9.17, 15) is 14.4 Å². The van der Waals surface area contributed by atoms with Crippen molar-refractivity contribution < 1.29 is 19.1 Å². The molecule has 1 rings (SSSR count). The van der Waals surface area contributed by atoms with Gasteiger partial charge in [0.25, 0.3) is 5.91 Å². The largest absolute Gasteiger partial charge is 0.466 e. The minimum Gasteiger partial charge on any atom is -0.466 e. The lowest BCUT2D eigenvalue weighted by molar-refractivity contribution is -0.144. The van der Waals surface area contributed by atoms with Gasteiger partial charge < -0.3 is 15.4 Å². The van der Waals surface area contributed by atoms with Crippen molar-refractivity contribution in [2.24, 2.45) is 0 Å². The molecule has 0 saturated carbocycles. The minimum absolute atomic E-state index is 0.104. The van der Waals surface area contributed by atoms with Crippen molar-refractivity contribution in [1.82, 2.24) is 20.4 Å². The summed E-state index contributed by atoms with van der Waals surface area (Å²) in [4.78, 5) is 39.6. The van der Waals surface area contributed by atoms with Crippen LogP contribution in [0.3, 0.4) is 0 Å². The van der Waals surface area contributed by atoms with Crippen molar-refractivity contribution in [1.29, 1.82) is 0 Å². The molecule has 1 saturated heterocycles. The lowest BCUT2D eigenvalue weighted by atomic mass is 9.96. The number of imide groups is 1. The number of carbonyl (C=O) groups excluding carboxylic acids is 3. The molecule has 1 heterocycles. The van der Waals surface area contributed by atoms with Gasteiger partial charge in [-0.1, -0.05) is 13.8 Å². The topological polar surface area (TPSA) is 91.0 Å². The van der Waals surface area contributed by atoms with Gasteiger partial charge in [-0.25, -0.2) is 9.69 Å². The van der Waals surface area contributed by atoms with E-state index in [0.29, 0.717) is 6.61 Å². The van der Waals surface area contributed by atoms with Gasteiger partial charge in [-0.15, -0.1) is 0 Å². The fraction of sp³-hybridized carbons (Fsp3) is 0.824. The molecule has 25 heavy (non-hydrogen) atoms.